The number of H-pyrrole nitrogens is 1. The summed E-state index contributed by atoms with van der Waals surface area (Å²) >= 11 is 1.11. The van der Waals surface area contributed by atoms with Crippen LogP contribution in [0.3, 0.4) is 0 Å². The molecular weight excluding hydrogens is 407 g/mol. The van der Waals surface area contributed by atoms with Crippen LogP contribution in [0.4, 0.5) is 10.1 Å². The molecular formula is C20H17FN6O2S. The molecule has 2 N–H and O–H groups in total. The van der Waals surface area contributed by atoms with E-state index < -0.39 is 5.82 Å². The molecule has 0 aliphatic carbocycles. The fraction of sp³-hybridized carbons (Fsp3) is 0.150. The van der Waals surface area contributed by atoms with Gasteiger partial charge in [0, 0.05) is 12.1 Å². The number of aromatic amines is 1. The summed E-state index contributed by atoms with van der Waals surface area (Å²) in [7, 11) is 0. The van der Waals surface area contributed by atoms with Gasteiger partial charge in [-0.3, -0.25) is 14.6 Å². The number of rotatable bonds is 6. The number of benzene rings is 2. The molecule has 1 amide bonds. The summed E-state index contributed by atoms with van der Waals surface area (Å²) in [6, 6.07) is 13.5. The minimum atomic E-state index is -0.432. The van der Waals surface area contributed by atoms with E-state index in [9.17, 15) is 14.0 Å². The number of halogens is 1. The summed E-state index contributed by atoms with van der Waals surface area (Å²) in [6.45, 7) is 1.99. The Labute approximate surface area is 174 Å². The van der Waals surface area contributed by atoms with Gasteiger partial charge in [0.2, 0.25) is 11.1 Å². The van der Waals surface area contributed by atoms with Gasteiger partial charge in [-0.25, -0.2) is 4.39 Å². The quantitative estimate of drug-likeness (QED) is 0.461. The Morgan fingerprint density at radius 1 is 1.20 bits per heavy atom. The molecule has 0 radical (unpaired) electrons. The van der Waals surface area contributed by atoms with Gasteiger partial charge >= 0.3 is 0 Å². The number of carbonyl (C=O) groups excluding carboxylic acids is 1. The second-order valence-electron chi connectivity index (χ2n) is 6.63. The van der Waals surface area contributed by atoms with Gasteiger partial charge < -0.3 is 5.32 Å². The average Bonchev–Trinajstić information content (AvgIpc) is 3.10. The highest BCUT2D eigenvalue weighted by molar-refractivity contribution is 7.99. The van der Waals surface area contributed by atoms with E-state index in [1.54, 1.807) is 6.07 Å². The second kappa shape index (κ2) is 8.46. The molecule has 0 saturated heterocycles. The van der Waals surface area contributed by atoms with Crippen molar-refractivity contribution in [2.24, 2.45) is 0 Å². The summed E-state index contributed by atoms with van der Waals surface area (Å²) in [5.41, 5.74) is 2.43. The van der Waals surface area contributed by atoms with Crippen molar-refractivity contribution in [1.82, 2.24) is 24.8 Å². The lowest BCUT2D eigenvalue weighted by Crippen LogP contribution is -2.19. The van der Waals surface area contributed by atoms with Gasteiger partial charge in [-0.15, -0.1) is 10.2 Å². The third-order valence-electron chi connectivity index (χ3n) is 4.25. The van der Waals surface area contributed by atoms with E-state index in [2.05, 4.69) is 25.6 Å². The van der Waals surface area contributed by atoms with E-state index in [1.807, 2.05) is 31.2 Å². The van der Waals surface area contributed by atoms with Gasteiger partial charge in [0.05, 0.1) is 5.75 Å². The lowest BCUT2D eigenvalue weighted by molar-refractivity contribution is -0.113. The van der Waals surface area contributed by atoms with Crippen molar-refractivity contribution >= 4 is 29.1 Å². The zero-order valence-electron chi connectivity index (χ0n) is 15.9. The van der Waals surface area contributed by atoms with Gasteiger partial charge in [-0.2, -0.15) is 9.61 Å². The number of hydrogen-bond donors (Lipinski definition) is 2. The highest BCUT2D eigenvalue weighted by Crippen LogP contribution is 2.16. The summed E-state index contributed by atoms with van der Waals surface area (Å²) in [5, 5.41) is 15.2. The highest BCUT2D eigenvalue weighted by atomic mass is 32.2. The Balaban J connectivity index is 1.49. The van der Waals surface area contributed by atoms with E-state index in [0.717, 1.165) is 22.9 Å². The normalized spacial score (nSPS) is 11.0. The third-order valence-corrected chi connectivity index (χ3v) is 5.17. The van der Waals surface area contributed by atoms with Gasteiger partial charge in [0.25, 0.3) is 11.3 Å². The lowest BCUT2D eigenvalue weighted by Gasteiger charge is -2.05. The molecule has 0 unspecified atom stereocenters. The molecule has 0 bridgehead atoms. The van der Waals surface area contributed by atoms with Crippen LogP contribution in [0.2, 0.25) is 0 Å². The topological polar surface area (TPSA) is 105 Å². The Hall–Kier alpha value is -3.53. The molecule has 10 heteroatoms. The molecule has 4 rings (SSSR count). The second-order valence-corrected chi connectivity index (χ2v) is 7.57. The number of amides is 1. The van der Waals surface area contributed by atoms with E-state index in [0.29, 0.717) is 23.0 Å². The fourth-order valence-corrected chi connectivity index (χ4v) is 3.45. The van der Waals surface area contributed by atoms with Crippen LogP contribution >= 0.6 is 11.8 Å². The molecule has 0 saturated carbocycles. The molecule has 30 heavy (non-hydrogen) atoms. The molecule has 0 fully saturated rings. The Kier molecular flexibility index (Phi) is 5.57. The lowest BCUT2D eigenvalue weighted by atomic mass is 10.1. The number of thioether (sulfide) groups is 1. The number of carbonyl (C=O) groups is 1. The molecule has 0 aliphatic heterocycles. The van der Waals surface area contributed by atoms with Crippen LogP contribution < -0.4 is 10.9 Å². The summed E-state index contributed by atoms with van der Waals surface area (Å²) < 4.78 is 14.6. The third kappa shape index (κ3) is 4.54. The van der Waals surface area contributed by atoms with Crippen LogP contribution in [0.25, 0.3) is 5.78 Å². The van der Waals surface area contributed by atoms with E-state index >= 15 is 0 Å². The van der Waals surface area contributed by atoms with Crippen molar-refractivity contribution in [3.05, 3.63) is 81.5 Å². The van der Waals surface area contributed by atoms with Gasteiger partial charge in [-0.05, 0) is 30.7 Å². The molecule has 0 atom stereocenters. The van der Waals surface area contributed by atoms with E-state index in [4.69, 9.17) is 0 Å². The number of fused-ring (bicyclic) bond motifs is 1. The maximum Gasteiger partial charge on any atom is 0.274 e. The Morgan fingerprint density at radius 2 is 2.00 bits per heavy atom. The molecule has 0 spiro atoms. The van der Waals surface area contributed by atoms with Gasteiger partial charge in [0.1, 0.15) is 11.5 Å². The first-order chi connectivity index (χ1) is 14.5. The number of aryl methyl sites for hydroxylation is 1. The number of nitrogens with one attached hydrogen (secondary N) is 2. The van der Waals surface area contributed by atoms with Crippen LogP contribution in [-0.2, 0) is 11.2 Å². The minimum Gasteiger partial charge on any atom is -0.325 e. The van der Waals surface area contributed by atoms with Crippen molar-refractivity contribution in [1.29, 1.82) is 0 Å². The number of nitrogens with zero attached hydrogens (tertiary/aromatic N) is 4. The fourth-order valence-electron chi connectivity index (χ4n) is 2.77. The zero-order chi connectivity index (χ0) is 21.1. The molecule has 152 valence electrons. The Morgan fingerprint density at radius 3 is 2.77 bits per heavy atom. The smallest absolute Gasteiger partial charge is 0.274 e. The summed E-state index contributed by atoms with van der Waals surface area (Å²) in [5.74, 6) is -0.545. The molecule has 2 aromatic carbocycles. The zero-order valence-corrected chi connectivity index (χ0v) is 16.7. The van der Waals surface area contributed by atoms with E-state index in [1.165, 1.54) is 22.7 Å². The van der Waals surface area contributed by atoms with Crippen LogP contribution in [0, 0.1) is 12.7 Å². The minimum absolute atomic E-state index is 0.0193. The number of hydrogen-bond acceptors (Lipinski definition) is 6. The van der Waals surface area contributed by atoms with Crippen LogP contribution in [0.1, 0.15) is 16.8 Å². The van der Waals surface area contributed by atoms with E-state index in [-0.39, 0.29) is 23.0 Å². The largest absolute Gasteiger partial charge is 0.325 e. The predicted octanol–water partition coefficient (Wildman–Crippen LogP) is 2.58. The standard InChI is InChI=1S/C20H17FN6O2S/c1-12-5-7-13(8-6-12)9-16-18(29)23-19-24-25-20(27(19)26-16)30-11-17(28)22-15-4-2-3-14(21)10-15/h2-8,10H,9,11H2,1H3,(H,22,28)(H,23,24,29). The van der Waals surface area contributed by atoms with Crippen molar-refractivity contribution in [2.75, 3.05) is 11.1 Å². The summed E-state index contributed by atoms with van der Waals surface area (Å²) in [4.78, 5) is 27.1. The van der Waals surface area contributed by atoms with Crippen LogP contribution in [0.5, 0.6) is 0 Å². The monoisotopic (exact) mass is 424 g/mol. The van der Waals surface area contributed by atoms with Crippen molar-refractivity contribution in [3.8, 4) is 0 Å². The van der Waals surface area contributed by atoms with Crippen molar-refractivity contribution in [2.45, 2.75) is 18.5 Å². The molecule has 8 nitrogen and oxygen atoms in total. The molecule has 2 heterocycles. The molecule has 0 aliphatic rings. The SMILES string of the molecule is Cc1ccc(Cc2nn3c(SCC(=O)Nc4cccc(F)c4)nnc3[nH]c2=O)cc1. The predicted molar refractivity (Wildman–Crippen MR) is 111 cm³/mol. The number of aromatic nitrogens is 5. The maximum atomic E-state index is 13.2. The average molecular weight is 424 g/mol. The van der Waals surface area contributed by atoms with Crippen molar-refractivity contribution in [3.63, 3.8) is 0 Å². The molecule has 4 aromatic rings. The first-order valence-corrected chi connectivity index (χ1v) is 10.0. The van der Waals surface area contributed by atoms with Crippen LogP contribution in [-0.4, -0.2) is 36.5 Å². The summed E-state index contributed by atoms with van der Waals surface area (Å²) in [6.07, 6.45) is 0.355. The first kappa shape index (κ1) is 19.8. The van der Waals surface area contributed by atoms with Gasteiger partial charge in [-0.1, -0.05) is 47.7 Å². The van der Waals surface area contributed by atoms with Crippen molar-refractivity contribution < 1.29 is 9.18 Å². The molecule has 2 aromatic heterocycles. The first-order valence-electron chi connectivity index (χ1n) is 9.06. The van der Waals surface area contributed by atoms with Crippen LogP contribution in [0.15, 0.2) is 58.5 Å². The maximum absolute atomic E-state index is 13.2. The number of anilines is 1. The Bertz CT molecular complexity index is 1270. The van der Waals surface area contributed by atoms with Gasteiger partial charge in [0.15, 0.2) is 0 Å². The highest BCUT2D eigenvalue weighted by Gasteiger charge is 2.14.